The second-order valence-corrected chi connectivity index (χ2v) is 8.85. The van der Waals surface area contributed by atoms with Crippen LogP contribution in [0.15, 0.2) is 65.1 Å². The van der Waals surface area contributed by atoms with Crippen molar-refractivity contribution in [3.05, 3.63) is 100 Å². The Balaban J connectivity index is 1.48. The Kier molecular flexibility index (Phi) is 8.07. The summed E-state index contributed by atoms with van der Waals surface area (Å²) in [5.74, 6) is -1.38. The van der Waals surface area contributed by atoms with Crippen LogP contribution in [0.4, 0.5) is 8.78 Å². The van der Waals surface area contributed by atoms with E-state index in [1.165, 1.54) is 17.7 Å². The summed E-state index contributed by atoms with van der Waals surface area (Å²) in [5, 5.41) is 17.0. The monoisotopic (exact) mass is 493 g/mol. The minimum absolute atomic E-state index is 0.0416. The van der Waals surface area contributed by atoms with Crippen molar-refractivity contribution in [1.29, 1.82) is 0 Å². The molecule has 0 saturated heterocycles. The molecule has 36 heavy (non-hydrogen) atoms. The lowest BCUT2D eigenvalue weighted by Gasteiger charge is -2.25. The molecular weight excluding hydrogens is 464 g/mol. The van der Waals surface area contributed by atoms with Crippen molar-refractivity contribution in [2.24, 2.45) is 0 Å². The molecule has 4 aromatic rings. The van der Waals surface area contributed by atoms with E-state index in [1.807, 2.05) is 12.1 Å². The molecule has 0 aliphatic heterocycles. The number of aryl methyl sites for hydroxylation is 2. The van der Waals surface area contributed by atoms with Gasteiger partial charge in [0, 0.05) is 31.6 Å². The van der Waals surface area contributed by atoms with Gasteiger partial charge in [-0.05, 0) is 59.9 Å². The topological polar surface area (TPSA) is 87.4 Å². The highest BCUT2D eigenvalue weighted by molar-refractivity contribution is 5.97. The third-order valence-corrected chi connectivity index (χ3v) is 6.00. The maximum absolute atomic E-state index is 13.8. The fourth-order valence-electron chi connectivity index (χ4n) is 4.17. The summed E-state index contributed by atoms with van der Waals surface area (Å²) < 4.78 is 33.0. The van der Waals surface area contributed by atoms with E-state index in [1.54, 1.807) is 25.1 Å². The fraction of sp³-hybridized carbons (Fsp3) is 0.286. The lowest BCUT2D eigenvalue weighted by Crippen LogP contribution is -2.48. The molecule has 1 heterocycles. The molecule has 0 saturated carbocycles. The second kappa shape index (κ2) is 11.4. The molecule has 0 aliphatic carbocycles. The molecule has 1 amide bonds. The summed E-state index contributed by atoms with van der Waals surface area (Å²) in [5.41, 5.74) is 4.06. The Morgan fingerprint density at radius 2 is 1.78 bits per heavy atom. The van der Waals surface area contributed by atoms with E-state index in [4.69, 9.17) is 4.42 Å². The molecule has 0 aliphatic rings. The summed E-state index contributed by atoms with van der Waals surface area (Å²) in [6.07, 6.45) is -0.0541. The first-order valence-corrected chi connectivity index (χ1v) is 11.9. The number of oxazole rings is 1. The van der Waals surface area contributed by atoms with E-state index in [-0.39, 0.29) is 13.0 Å². The Labute approximate surface area is 208 Å². The molecule has 3 aromatic carbocycles. The van der Waals surface area contributed by atoms with Gasteiger partial charge in [0.2, 0.25) is 0 Å². The molecule has 0 spiro atoms. The molecule has 188 valence electrons. The smallest absolute Gasteiger partial charge is 0.251 e. The van der Waals surface area contributed by atoms with Gasteiger partial charge < -0.3 is 20.2 Å². The van der Waals surface area contributed by atoms with Crippen molar-refractivity contribution in [1.82, 2.24) is 15.6 Å². The largest absolute Gasteiger partial charge is 0.441 e. The minimum atomic E-state index is -1.02. The summed E-state index contributed by atoms with van der Waals surface area (Å²) >= 11 is 0. The molecule has 0 fully saturated rings. The molecule has 8 heteroatoms. The third-order valence-electron chi connectivity index (χ3n) is 6.00. The Morgan fingerprint density at radius 1 is 1.03 bits per heavy atom. The predicted molar refractivity (Wildman–Crippen MR) is 134 cm³/mol. The quantitative estimate of drug-likeness (QED) is 0.304. The highest BCUT2D eigenvalue weighted by Gasteiger charge is 2.23. The van der Waals surface area contributed by atoms with Crippen LogP contribution >= 0.6 is 0 Å². The number of amides is 1. The highest BCUT2D eigenvalue weighted by Crippen LogP contribution is 2.18. The number of nitrogens with zero attached hydrogens (tertiary/aromatic N) is 1. The van der Waals surface area contributed by atoms with Crippen molar-refractivity contribution in [3.63, 3.8) is 0 Å². The van der Waals surface area contributed by atoms with Crippen LogP contribution < -0.4 is 10.6 Å². The number of hydrogen-bond acceptors (Lipinski definition) is 5. The Morgan fingerprint density at radius 3 is 2.53 bits per heavy atom. The summed E-state index contributed by atoms with van der Waals surface area (Å²) in [4.78, 5) is 17.3. The van der Waals surface area contributed by atoms with Gasteiger partial charge in [0.1, 0.15) is 17.2 Å². The van der Waals surface area contributed by atoms with Crippen LogP contribution in [0.1, 0.15) is 39.9 Å². The normalized spacial score (nSPS) is 13.0. The van der Waals surface area contributed by atoms with Crippen molar-refractivity contribution in [2.45, 2.75) is 45.4 Å². The molecule has 3 N–H and O–H groups in total. The van der Waals surface area contributed by atoms with Gasteiger partial charge in [0.15, 0.2) is 11.5 Å². The highest BCUT2D eigenvalue weighted by atomic mass is 19.1. The summed E-state index contributed by atoms with van der Waals surface area (Å²) in [6, 6.07) is 15.4. The van der Waals surface area contributed by atoms with E-state index in [0.29, 0.717) is 34.7 Å². The lowest BCUT2D eigenvalue weighted by atomic mass is 10.00. The number of rotatable bonds is 10. The van der Waals surface area contributed by atoms with E-state index in [9.17, 15) is 18.7 Å². The fourth-order valence-corrected chi connectivity index (χ4v) is 4.17. The maximum atomic E-state index is 13.8. The van der Waals surface area contributed by atoms with Gasteiger partial charge >= 0.3 is 0 Å². The first kappa shape index (κ1) is 25.5. The van der Waals surface area contributed by atoms with Crippen molar-refractivity contribution in [2.75, 3.05) is 6.54 Å². The number of fused-ring (bicyclic) bond motifs is 1. The van der Waals surface area contributed by atoms with Crippen LogP contribution in [0.25, 0.3) is 11.1 Å². The number of carbonyl (C=O) groups is 1. The average Bonchev–Trinajstić information content (AvgIpc) is 3.22. The third kappa shape index (κ3) is 6.53. The minimum Gasteiger partial charge on any atom is -0.441 e. The number of aliphatic hydroxyl groups excluding tert-OH is 1. The number of carbonyl (C=O) groups excluding carboxylic acids is 1. The predicted octanol–water partition coefficient (Wildman–Crippen LogP) is 4.47. The molecule has 4 rings (SSSR count). The Hall–Kier alpha value is -3.62. The Bertz CT molecular complexity index is 1330. The molecule has 1 aromatic heterocycles. The first-order valence-electron chi connectivity index (χ1n) is 11.9. The molecule has 0 bridgehead atoms. The van der Waals surface area contributed by atoms with E-state index in [0.717, 1.165) is 18.1 Å². The number of aromatic nitrogens is 1. The van der Waals surface area contributed by atoms with Crippen molar-refractivity contribution >= 4 is 17.0 Å². The average molecular weight is 494 g/mol. The number of hydrogen-bond donors (Lipinski definition) is 3. The molecule has 6 nitrogen and oxygen atoms in total. The summed E-state index contributed by atoms with van der Waals surface area (Å²) in [6.45, 7) is 4.50. The van der Waals surface area contributed by atoms with Gasteiger partial charge in [0.05, 0.1) is 12.1 Å². The zero-order valence-corrected chi connectivity index (χ0v) is 20.2. The molecule has 2 atom stereocenters. The van der Waals surface area contributed by atoms with Crippen LogP contribution in [0, 0.1) is 18.6 Å². The van der Waals surface area contributed by atoms with Gasteiger partial charge in [-0.25, -0.2) is 13.8 Å². The van der Waals surface area contributed by atoms with Crippen LogP contribution in [-0.2, 0) is 19.4 Å². The maximum Gasteiger partial charge on any atom is 0.251 e. The standard InChI is InChI=1S/C28H29F2N3O3/c1-3-18-5-4-6-19(9-18)15-31-16-26(34)24(12-20-10-22(29)14-23(30)11-20)33-28(35)21-7-8-27-25(13-21)32-17(2)36-27/h4-11,13-14,24,26,31,34H,3,12,15-16H2,1-2H3,(H,33,35)/t24-,26+/m0/s1. The van der Waals surface area contributed by atoms with Gasteiger partial charge in [-0.2, -0.15) is 0 Å². The summed E-state index contributed by atoms with van der Waals surface area (Å²) in [7, 11) is 0. The SMILES string of the molecule is CCc1cccc(CNC[C@@H](O)[C@H](Cc2cc(F)cc(F)c2)NC(=O)c2ccc3oc(C)nc3c2)c1. The van der Waals surface area contributed by atoms with Crippen LogP contribution in [-0.4, -0.2) is 34.7 Å². The van der Waals surface area contributed by atoms with Crippen LogP contribution in [0.2, 0.25) is 0 Å². The van der Waals surface area contributed by atoms with Crippen LogP contribution in [0.3, 0.4) is 0 Å². The number of halogens is 2. The lowest BCUT2D eigenvalue weighted by molar-refractivity contribution is 0.0830. The van der Waals surface area contributed by atoms with Gasteiger partial charge in [-0.15, -0.1) is 0 Å². The van der Waals surface area contributed by atoms with E-state index < -0.39 is 29.7 Å². The number of benzene rings is 3. The number of aliphatic hydroxyl groups is 1. The zero-order valence-electron chi connectivity index (χ0n) is 20.2. The first-order chi connectivity index (χ1) is 17.3. The van der Waals surface area contributed by atoms with Gasteiger partial charge in [0.25, 0.3) is 5.91 Å². The molecule has 0 unspecified atom stereocenters. The van der Waals surface area contributed by atoms with E-state index in [2.05, 4.69) is 34.7 Å². The van der Waals surface area contributed by atoms with Crippen molar-refractivity contribution in [3.8, 4) is 0 Å². The van der Waals surface area contributed by atoms with Gasteiger partial charge in [-0.1, -0.05) is 31.2 Å². The van der Waals surface area contributed by atoms with Crippen LogP contribution in [0.5, 0.6) is 0 Å². The zero-order chi connectivity index (χ0) is 25.7. The second-order valence-electron chi connectivity index (χ2n) is 8.85. The molecular formula is C28H29F2N3O3. The molecule has 0 radical (unpaired) electrons. The number of nitrogens with one attached hydrogen (secondary N) is 2. The van der Waals surface area contributed by atoms with Gasteiger partial charge in [-0.3, -0.25) is 4.79 Å². The van der Waals surface area contributed by atoms with Crippen molar-refractivity contribution < 1.29 is 23.1 Å². The van der Waals surface area contributed by atoms with E-state index >= 15 is 0 Å².